The van der Waals surface area contributed by atoms with Crippen LogP contribution in [0.2, 0.25) is 0 Å². The molecule has 0 amide bonds. The van der Waals surface area contributed by atoms with Crippen molar-refractivity contribution in [2.45, 2.75) is 26.2 Å². The number of benzene rings is 1. The lowest BCUT2D eigenvalue weighted by atomic mass is 10.1. The number of hydrogen-bond acceptors (Lipinski definition) is 3. The normalized spacial score (nSPS) is 18.0. The molecule has 1 atom stereocenters. The first-order chi connectivity index (χ1) is 13.3. The van der Waals surface area contributed by atoms with Crippen LogP contribution in [-0.4, -0.2) is 60.4 Å². The highest BCUT2D eigenvalue weighted by Gasteiger charge is 2.21. The highest BCUT2D eigenvalue weighted by atomic mass is 15.3. The van der Waals surface area contributed by atoms with Gasteiger partial charge in [0.05, 0.1) is 5.69 Å². The second kappa shape index (κ2) is 10.1. The smallest absolute Gasteiger partial charge is 0.190 e. The average molecular weight is 369 g/mol. The minimum absolute atomic E-state index is 0.727. The second-order valence-electron chi connectivity index (χ2n) is 7.20. The summed E-state index contributed by atoms with van der Waals surface area (Å²) < 4.78 is 1.87. The van der Waals surface area contributed by atoms with Crippen LogP contribution in [0.25, 0.3) is 5.69 Å². The van der Waals surface area contributed by atoms with Crippen LogP contribution in [0.3, 0.4) is 0 Å². The number of guanidine groups is 1. The van der Waals surface area contributed by atoms with Crippen LogP contribution in [0, 0.1) is 5.92 Å². The number of aromatic nitrogens is 2. The summed E-state index contributed by atoms with van der Waals surface area (Å²) in [6.07, 6.45) is 7.24. The van der Waals surface area contributed by atoms with E-state index < -0.39 is 0 Å². The van der Waals surface area contributed by atoms with Crippen LogP contribution in [0.5, 0.6) is 0 Å². The number of nitrogens with zero attached hydrogens (tertiary/aromatic N) is 4. The molecule has 27 heavy (non-hydrogen) atoms. The Morgan fingerprint density at radius 1 is 1.26 bits per heavy atom. The minimum Gasteiger partial charge on any atom is -0.356 e. The molecule has 1 aliphatic rings. The Hall–Kier alpha value is -2.34. The summed E-state index contributed by atoms with van der Waals surface area (Å²) in [6, 6.07) is 10.5. The van der Waals surface area contributed by atoms with Crippen molar-refractivity contribution in [3.8, 4) is 5.69 Å². The van der Waals surface area contributed by atoms with Gasteiger partial charge in [-0.3, -0.25) is 4.99 Å². The summed E-state index contributed by atoms with van der Waals surface area (Å²) in [5.41, 5.74) is 2.39. The Morgan fingerprint density at radius 3 is 2.81 bits per heavy atom. The van der Waals surface area contributed by atoms with Crippen LogP contribution in [0.4, 0.5) is 0 Å². The summed E-state index contributed by atoms with van der Waals surface area (Å²) in [5, 5.41) is 11.2. The molecule has 6 nitrogen and oxygen atoms in total. The van der Waals surface area contributed by atoms with Crippen molar-refractivity contribution in [1.82, 2.24) is 25.3 Å². The van der Waals surface area contributed by atoms with Gasteiger partial charge in [-0.25, -0.2) is 4.68 Å². The Kier molecular flexibility index (Phi) is 7.27. The molecule has 6 heteroatoms. The molecule has 0 spiro atoms. The third-order valence-electron chi connectivity index (χ3n) is 5.10. The van der Waals surface area contributed by atoms with E-state index in [-0.39, 0.29) is 0 Å². The molecule has 3 rings (SSSR count). The van der Waals surface area contributed by atoms with Crippen molar-refractivity contribution < 1.29 is 0 Å². The highest BCUT2D eigenvalue weighted by molar-refractivity contribution is 5.79. The van der Waals surface area contributed by atoms with Gasteiger partial charge >= 0.3 is 0 Å². The number of aliphatic imine (C=N–C) groups is 1. The van der Waals surface area contributed by atoms with E-state index in [1.54, 1.807) is 6.20 Å². The zero-order valence-corrected chi connectivity index (χ0v) is 16.6. The molecule has 146 valence electrons. The fourth-order valence-corrected chi connectivity index (χ4v) is 3.62. The van der Waals surface area contributed by atoms with Crippen molar-refractivity contribution in [3.63, 3.8) is 0 Å². The fourth-order valence-electron chi connectivity index (χ4n) is 3.62. The molecule has 0 saturated carbocycles. The van der Waals surface area contributed by atoms with Crippen LogP contribution in [0.1, 0.15) is 25.3 Å². The predicted octanol–water partition coefficient (Wildman–Crippen LogP) is 2.31. The van der Waals surface area contributed by atoms with Crippen LogP contribution >= 0.6 is 0 Å². The SMILES string of the molecule is CCCN1CCC(CNC(=NC)NCCc2ccc(-n3cccn3)cc2)C1. The molecule has 1 unspecified atom stereocenters. The lowest BCUT2D eigenvalue weighted by Gasteiger charge is -2.17. The number of rotatable bonds is 8. The largest absolute Gasteiger partial charge is 0.356 e. The first-order valence-corrected chi connectivity index (χ1v) is 10.0. The highest BCUT2D eigenvalue weighted by Crippen LogP contribution is 2.15. The summed E-state index contributed by atoms with van der Waals surface area (Å²) in [7, 11) is 1.84. The van der Waals surface area contributed by atoms with Crippen molar-refractivity contribution >= 4 is 5.96 Å². The van der Waals surface area contributed by atoms with E-state index in [0.717, 1.165) is 37.1 Å². The van der Waals surface area contributed by atoms with E-state index in [9.17, 15) is 0 Å². The van der Waals surface area contributed by atoms with E-state index in [4.69, 9.17) is 0 Å². The van der Waals surface area contributed by atoms with E-state index in [1.165, 1.54) is 38.0 Å². The molecule has 1 saturated heterocycles. The fraction of sp³-hybridized carbons (Fsp3) is 0.524. The van der Waals surface area contributed by atoms with Gasteiger partial charge in [-0.15, -0.1) is 0 Å². The average Bonchev–Trinajstić information content (AvgIpc) is 3.37. The third kappa shape index (κ3) is 5.82. The lowest BCUT2D eigenvalue weighted by Crippen LogP contribution is -2.41. The van der Waals surface area contributed by atoms with E-state index >= 15 is 0 Å². The zero-order chi connectivity index (χ0) is 18.9. The van der Waals surface area contributed by atoms with Gasteiger partial charge in [0, 0.05) is 39.1 Å². The molecule has 0 aliphatic carbocycles. The minimum atomic E-state index is 0.727. The monoisotopic (exact) mass is 368 g/mol. The Morgan fingerprint density at radius 2 is 2.11 bits per heavy atom. The third-order valence-corrected chi connectivity index (χ3v) is 5.10. The standard InChI is InChI=1S/C21H32N6/c1-3-13-26-15-10-19(17-26)16-24-21(22-2)23-12-9-18-5-7-20(8-6-18)27-14-4-11-25-27/h4-8,11,14,19H,3,9-10,12-13,15-17H2,1-2H3,(H2,22,23,24). The number of likely N-dealkylation sites (tertiary alicyclic amines) is 1. The molecule has 1 aromatic carbocycles. The molecule has 1 fully saturated rings. The van der Waals surface area contributed by atoms with Gasteiger partial charge < -0.3 is 15.5 Å². The van der Waals surface area contributed by atoms with Crippen molar-refractivity contribution in [2.24, 2.45) is 10.9 Å². The van der Waals surface area contributed by atoms with Gasteiger partial charge in [0.25, 0.3) is 0 Å². The van der Waals surface area contributed by atoms with Gasteiger partial charge in [-0.1, -0.05) is 19.1 Å². The molecular weight excluding hydrogens is 336 g/mol. The molecular formula is C21H32N6. The molecule has 1 aliphatic heterocycles. The number of nitrogens with one attached hydrogen (secondary N) is 2. The topological polar surface area (TPSA) is 57.5 Å². The van der Waals surface area contributed by atoms with Crippen LogP contribution in [-0.2, 0) is 6.42 Å². The van der Waals surface area contributed by atoms with Crippen molar-refractivity contribution in [3.05, 3.63) is 48.3 Å². The maximum atomic E-state index is 4.35. The van der Waals surface area contributed by atoms with Crippen LogP contribution in [0.15, 0.2) is 47.7 Å². The van der Waals surface area contributed by atoms with Gasteiger partial charge in [-0.2, -0.15) is 5.10 Å². The Labute approximate surface area is 162 Å². The Balaban J connectivity index is 1.37. The van der Waals surface area contributed by atoms with E-state index in [2.05, 4.69) is 56.8 Å². The van der Waals surface area contributed by atoms with Gasteiger partial charge in [0.1, 0.15) is 0 Å². The van der Waals surface area contributed by atoms with E-state index in [0.29, 0.717) is 0 Å². The van der Waals surface area contributed by atoms with Gasteiger partial charge in [0.2, 0.25) is 0 Å². The maximum absolute atomic E-state index is 4.35. The second-order valence-corrected chi connectivity index (χ2v) is 7.20. The summed E-state index contributed by atoms with van der Waals surface area (Å²) in [5.74, 6) is 1.63. The zero-order valence-electron chi connectivity index (χ0n) is 16.6. The first-order valence-electron chi connectivity index (χ1n) is 10.0. The summed E-state index contributed by atoms with van der Waals surface area (Å²) >= 11 is 0. The molecule has 2 N–H and O–H groups in total. The molecule has 1 aromatic heterocycles. The molecule has 2 heterocycles. The molecule has 0 bridgehead atoms. The molecule has 0 radical (unpaired) electrons. The maximum Gasteiger partial charge on any atom is 0.190 e. The van der Waals surface area contributed by atoms with E-state index in [1.807, 2.05) is 24.0 Å². The summed E-state index contributed by atoms with van der Waals surface area (Å²) in [6.45, 7) is 7.79. The number of hydrogen-bond donors (Lipinski definition) is 2. The van der Waals surface area contributed by atoms with Crippen molar-refractivity contribution in [2.75, 3.05) is 39.8 Å². The van der Waals surface area contributed by atoms with Crippen LogP contribution < -0.4 is 10.6 Å². The lowest BCUT2D eigenvalue weighted by molar-refractivity contribution is 0.324. The summed E-state index contributed by atoms with van der Waals surface area (Å²) in [4.78, 5) is 6.92. The molecule has 2 aromatic rings. The first kappa shape index (κ1) is 19.4. The Bertz CT molecular complexity index is 692. The van der Waals surface area contributed by atoms with Crippen molar-refractivity contribution in [1.29, 1.82) is 0 Å². The quantitative estimate of drug-likeness (QED) is 0.555. The predicted molar refractivity (Wildman–Crippen MR) is 111 cm³/mol. The van der Waals surface area contributed by atoms with Gasteiger partial charge in [-0.05, 0) is 62.0 Å². The van der Waals surface area contributed by atoms with Gasteiger partial charge in [0.15, 0.2) is 5.96 Å².